The minimum absolute atomic E-state index is 0.112. The molecule has 0 radical (unpaired) electrons. The summed E-state index contributed by atoms with van der Waals surface area (Å²) in [5, 5.41) is 17.2. The first-order valence-electron chi connectivity index (χ1n) is 7.42. The number of hydrogen-bond donors (Lipinski definition) is 4. The molecule has 2 amide bonds. The summed E-state index contributed by atoms with van der Waals surface area (Å²) in [5.41, 5.74) is 2.50. The van der Waals surface area contributed by atoms with Gasteiger partial charge in [-0.3, -0.25) is 5.32 Å². The average Bonchev–Trinajstić information content (AvgIpc) is 2.46. The summed E-state index contributed by atoms with van der Waals surface area (Å²) in [6.07, 6.45) is 0.625. The van der Waals surface area contributed by atoms with Crippen molar-refractivity contribution in [3.63, 3.8) is 0 Å². The van der Waals surface area contributed by atoms with Crippen LogP contribution in [0.15, 0.2) is 30.3 Å². The molecule has 0 saturated heterocycles. The van der Waals surface area contributed by atoms with Crippen LogP contribution in [0.3, 0.4) is 0 Å². The van der Waals surface area contributed by atoms with Crippen molar-refractivity contribution in [2.75, 3.05) is 29.1 Å². The lowest BCUT2D eigenvalue weighted by Gasteiger charge is -2.10. The van der Waals surface area contributed by atoms with E-state index in [0.717, 1.165) is 11.3 Å². The number of benzene rings is 1. The molecule has 0 fully saturated rings. The number of aliphatic hydroxyl groups is 1. The van der Waals surface area contributed by atoms with Crippen LogP contribution in [-0.2, 0) is 0 Å². The minimum atomic E-state index is -0.400. The first kappa shape index (κ1) is 16.7. The predicted octanol–water partition coefficient (Wildman–Crippen LogP) is 2.53. The number of urea groups is 1. The van der Waals surface area contributed by atoms with E-state index in [4.69, 9.17) is 5.11 Å². The van der Waals surface area contributed by atoms with Gasteiger partial charge in [0.2, 0.25) is 5.95 Å². The molecule has 4 N–H and O–H groups in total. The summed E-state index contributed by atoms with van der Waals surface area (Å²) in [6.45, 7) is 4.49. The second kappa shape index (κ2) is 8.09. The third-order valence-corrected chi connectivity index (χ3v) is 3.00. The number of carbonyl (C=O) groups is 1. The van der Waals surface area contributed by atoms with Gasteiger partial charge in [-0.15, -0.1) is 0 Å². The smallest absolute Gasteiger partial charge is 0.326 e. The van der Waals surface area contributed by atoms with E-state index in [0.29, 0.717) is 24.5 Å². The molecule has 0 saturated carbocycles. The van der Waals surface area contributed by atoms with E-state index < -0.39 is 6.03 Å². The predicted molar refractivity (Wildman–Crippen MR) is 90.8 cm³/mol. The lowest BCUT2D eigenvalue weighted by Crippen LogP contribution is -2.21. The highest BCUT2D eigenvalue weighted by Crippen LogP contribution is 2.12. The zero-order chi connectivity index (χ0) is 16.7. The minimum Gasteiger partial charge on any atom is -0.396 e. The van der Waals surface area contributed by atoms with Crippen molar-refractivity contribution in [2.24, 2.45) is 0 Å². The molecule has 0 aliphatic heterocycles. The third-order valence-electron chi connectivity index (χ3n) is 3.00. The normalized spacial score (nSPS) is 10.2. The Morgan fingerprint density at radius 2 is 2.00 bits per heavy atom. The zero-order valence-electron chi connectivity index (χ0n) is 13.3. The molecule has 1 aromatic carbocycles. The second-order valence-electron chi connectivity index (χ2n) is 5.17. The van der Waals surface area contributed by atoms with Crippen LogP contribution in [0.5, 0.6) is 0 Å². The first-order valence-corrected chi connectivity index (χ1v) is 7.42. The number of aromatic nitrogens is 2. The summed E-state index contributed by atoms with van der Waals surface area (Å²) in [6, 6.07) is 8.89. The summed E-state index contributed by atoms with van der Waals surface area (Å²) in [5.74, 6) is 0.832. The standard InChI is InChI=1S/C16H21N5O2/c1-11-5-3-6-13(9-11)19-16(23)21-15-18-12(2)10-14(20-15)17-7-4-8-22/h3,5-6,9-10,22H,4,7-8H2,1-2H3,(H3,17,18,19,20,21,23). The van der Waals surface area contributed by atoms with E-state index in [9.17, 15) is 4.79 Å². The fraction of sp³-hybridized carbons (Fsp3) is 0.312. The Balaban J connectivity index is 1.99. The Kier molecular flexibility index (Phi) is 5.87. The van der Waals surface area contributed by atoms with E-state index in [1.165, 1.54) is 0 Å². The molecule has 0 aliphatic rings. The number of hydrogen-bond acceptors (Lipinski definition) is 5. The molecule has 0 spiro atoms. The van der Waals surface area contributed by atoms with Crippen LogP contribution in [0.1, 0.15) is 17.7 Å². The van der Waals surface area contributed by atoms with Crippen molar-refractivity contribution >= 4 is 23.5 Å². The van der Waals surface area contributed by atoms with Gasteiger partial charge in [0.15, 0.2) is 0 Å². The molecule has 1 aromatic heterocycles. The molecule has 122 valence electrons. The van der Waals surface area contributed by atoms with Crippen LogP contribution in [0, 0.1) is 13.8 Å². The molecule has 7 nitrogen and oxygen atoms in total. The topological polar surface area (TPSA) is 99.2 Å². The number of nitrogens with zero attached hydrogens (tertiary/aromatic N) is 2. The summed E-state index contributed by atoms with van der Waals surface area (Å²) in [7, 11) is 0. The van der Waals surface area contributed by atoms with Crippen molar-refractivity contribution in [3.05, 3.63) is 41.6 Å². The Labute approximate surface area is 135 Å². The molecule has 0 atom stereocenters. The molecule has 1 heterocycles. The fourth-order valence-corrected chi connectivity index (χ4v) is 2.00. The van der Waals surface area contributed by atoms with Crippen molar-refractivity contribution < 1.29 is 9.90 Å². The van der Waals surface area contributed by atoms with Gasteiger partial charge in [-0.1, -0.05) is 12.1 Å². The quantitative estimate of drug-likeness (QED) is 0.614. The fourth-order valence-electron chi connectivity index (χ4n) is 2.00. The van der Waals surface area contributed by atoms with Crippen molar-refractivity contribution in [3.8, 4) is 0 Å². The molecule has 2 rings (SSSR count). The number of carbonyl (C=O) groups excluding carboxylic acids is 1. The van der Waals surface area contributed by atoms with Gasteiger partial charge < -0.3 is 15.7 Å². The van der Waals surface area contributed by atoms with Crippen LogP contribution >= 0.6 is 0 Å². The number of nitrogens with one attached hydrogen (secondary N) is 3. The molecule has 0 bridgehead atoms. The maximum absolute atomic E-state index is 12.0. The number of aliphatic hydroxyl groups excluding tert-OH is 1. The maximum Gasteiger partial charge on any atom is 0.326 e. The summed E-state index contributed by atoms with van der Waals surface area (Å²) in [4.78, 5) is 20.4. The van der Waals surface area contributed by atoms with Crippen LogP contribution in [0.4, 0.5) is 22.2 Å². The number of amides is 2. The monoisotopic (exact) mass is 315 g/mol. The van der Waals surface area contributed by atoms with Gasteiger partial charge in [-0.05, 0) is 38.0 Å². The van der Waals surface area contributed by atoms with Crippen LogP contribution in [0.25, 0.3) is 0 Å². The van der Waals surface area contributed by atoms with Gasteiger partial charge in [-0.2, -0.15) is 4.98 Å². The lowest BCUT2D eigenvalue weighted by atomic mass is 10.2. The highest BCUT2D eigenvalue weighted by atomic mass is 16.3. The molecule has 0 aliphatic carbocycles. The van der Waals surface area contributed by atoms with Crippen molar-refractivity contribution in [1.82, 2.24) is 9.97 Å². The van der Waals surface area contributed by atoms with Gasteiger partial charge in [0.05, 0.1) is 0 Å². The van der Waals surface area contributed by atoms with Gasteiger partial charge in [0.25, 0.3) is 0 Å². The first-order chi connectivity index (χ1) is 11.1. The van der Waals surface area contributed by atoms with Gasteiger partial charge in [-0.25, -0.2) is 9.78 Å². The summed E-state index contributed by atoms with van der Waals surface area (Å²) < 4.78 is 0. The van der Waals surface area contributed by atoms with E-state index in [2.05, 4.69) is 25.9 Å². The molecule has 2 aromatic rings. The molecule has 23 heavy (non-hydrogen) atoms. The Bertz CT molecular complexity index is 675. The number of anilines is 3. The van der Waals surface area contributed by atoms with Gasteiger partial charge >= 0.3 is 6.03 Å². The number of aryl methyl sites for hydroxylation is 2. The van der Waals surface area contributed by atoms with Gasteiger partial charge in [0, 0.05) is 30.6 Å². The Morgan fingerprint density at radius 1 is 1.17 bits per heavy atom. The highest BCUT2D eigenvalue weighted by Gasteiger charge is 2.07. The largest absolute Gasteiger partial charge is 0.396 e. The van der Waals surface area contributed by atoms with Crippen LogP contribution < -0.4 is 16.0 Å². The van der Waals surface area contributed by atoms with E-state index in [1.807, 2.05) is 38.1 Å². The second-order valence-corrected chi connectivity index (χ2v) is 5.17. The summed E-state index contributed by atoms with van der Waals surface area (Å²) >= 11 is 0. The highest BCUT2D eigenvalue weighted by molar-refractivity contribution is 5.98. The Morgan fingerprint density at radius 3 is 2.74 bits per heavy atom. The molecular weight excluding hydrogens is 294 g/mol. The SMILES string of the molecule is Cc1cccc(NC(=O)Nc2nc(C)cc(NCCCO)n2)c1. The maximum atomic E-state index is 12.0. The average molecular weight is 315 g/mol. The van der Waals surface area contributed by atoms with Crippen LogP contribution in [-0.4, -0.2) is 34.3 Å². The molecule has 7 heteroatoms. The Hall–Kier alpha value is -2.67. The van der Waals surface area contributed by atoms with E-state index >= 15 is 0 Å². The molecular formula is C16H21N5O2. The zero-order valence-corrected chi connectivity index (χ0v) is 13.3. The van der Waals surface area contributed by atoms with E-state index in [-0.39, 0.29) is 12.6 Å². The van der Waals surface area contributed by atoms with Crippen LogP contribution in [0.2, 0.25) is 0 Å². The van der Waals surface area contributed by atoms with E-state index in [1.54, 1.807) is 6.07 Å². The molecule has 0 unspecified atom stereocenters. The lowest BCUT2D eigenvalue weighted by molar-refractivity contribution is 0.262. The third kappa shape index (κ3) is 5.55. The number of rotatable bonds is 6. The van der Waals surface area contributed by atoms with Gasteiger partial charge in [0.1, 0.15) is 5.82 Å². The van der Waals surface area contributed by atoms with Crippen molar-refractivity contribution in [2.45, 2.75) is 20.3 Å². The van der Waals surface area contributed by atoms with Crippen molar-refractivity contribution in [1.29, 1.82) is 0 Å².